The molecule has 4 rings (SSSR count). The minimum atomic E-state index is -3.79. The van der Waals surface area contributed by atoms with E-state index in [1.165, 1.54) is 28.8 Å². The second-order valence-corrected chi connectivity index (χ2v) is 10.8. The molecule has 1 aliphatic heterocycles. The maximum absolute atomic E-state index is 13.0. The quantitative estimate of drug-likeness (QED) is 0.539. The van der Waals surface area contributed by atoms with Crippen LogP contribution < -0.4 is 5.14 Å². The van der Waals surface area contributed by atoms with Crippen molar-refractivity contribution in [3.63, 3.8) is 0 Å². The molecule has 7 nitrogen and oxygen atoms in total. The molecule has 160 valence electrons. The Kier molecular flexibility index (Phi) is 6.19. The van der Waals surface area contributed by atoms with E-state index in [0.29, 0.717) is 11.3 Å². The lowest BCUT2D eigenvalue weighted by Crippen LogP contribution is -2.31. The van der Waals surface area contributed by atoms with Gasteiger partial charge in [-0.15, -0.1) is 11.3 Å². The van der Waals surface area contributed by atoms with Crippen LogP contribution in [0.3, 0.4) is 0 Å². The molecule has 2 aromatic heterocycles. The molecule has 1 aliphatic rings. The number of hydrogen-bond donors (Lipinski definition) is 1. The third kappa shape index (κ3) is 4.27. The monoisotopic (exact) mass is 464 g/mol. The number of primary sulfonamides is 1. The molecule has 3 aromatic rings. The second kappa shape index (κ2) is 8.70. The minimum absolute atomic E-state index is 0.0413. The molecule has 2 N–H and O–H groups in total. The van der Waals surface area contributed by atoms with Gasteiger partial charge in [-0.05, 0) is 48.9 Å². The van der Waals surface area contributed by atoms with E-state index in [9.17, 15) is 13.2 Å². The number of benzene rings is 1. The third-order valence-corrected chi connectivity index (χ3v) is 8.08. The number of rotatable bonds is 7. The second-order valence-electron chi connectivity index (χ2n) is 7.29. The third-order valence-electron chi connectivity index (χ3n) is 5.23. The molecule has 0 bridgehead atoms. The van der Waals surface area contributed by atoms with Crippen LogP contribution in [0.4, 0.5) is 0 Å². The number of imidazole rings is 1. The lowest BCUT2D eigenvalue weighted by Gasteiger charge is -2.23. The number of sulfonamides is 1. The zero-order chi connectivity index (χ0) is 21.3. The summed E-state index contributed by atoms with van der Waals surface area (Å²) in [5.74, 6) is 0.410. The Labute approximate surface area is 184 Å². The van der Waals surface area contributed by atoms with Crippen LogP contribution in [0.1, 0.15) is 37.1 Å². The standard InChI is InChI=1S/C20H24N4O3S3/c1-2-9-24-16-8-7-14(30(21,26)27)12-15(16)22-20(24)29-13-19(25)23-10-3-5-17(23)18-6-4-11-28-18/h4,6-8,11-12,17H,2-3,5,9-10,13H2,1H3,(H2,21,26,27). The summed E-state index contributed by atoms with van der Waals surface area (Å²) in [4.78, 5) is 20.8. The van der Waals surface area contributed by atoms with Crippen LogP contribution in [0.25, 0.3) is 11.0 Å². The number of thiophene rings is 1. The van der Waals surface area contributed by atoms with Crippen LogP contribution in [-0.4, -0.2) is 41.1 Å². The minimum Gasteiger partial charge on any atom is -0.334 e. The number of carbonyl (C=O) groups excluding carboxylic acids is 1. The van der Waals surface area contributed by atoms with Gasteiger partial charge in [0.1, 0.15) is 0 Å². The van der Waals surface area contributed by atoms with Crippen molar-refractivity contribution >= 4 is 50.1 Å². The molecule has 10 heteroatoms. The Morgan fingerprint density at radius 3 is 2.90 bits per heavy atom. The van der Waals surface area contributed by atoms with Crippen LogP contribution >= 0.6 is 23.1 Å². The van der Waals surface area contributed by atoms with Gasteiger partial charge in [0.15, 0.2) is 5.16 Å². The fourth-order valence-electron chi connectivity index (χ4n) is 3.87. The smallest absolute Gasteiger partial charge is 0.238 e. The summed E-state index contributed by atoms with van der Waals surface area (Å²) in [5.41, 5.74) is 1.42. The lowest BCUT2D eigenvalue weighted by atomic mass is 10.2. The SMILES string of the molecule is CCCn1c(SCC(=O)N2CCCC2c2cccs2)nc2cc(S(N)(=O)=O)ccc21. The number of likely N-dealkylation sites (tertiary alicyclic amines) is 1. The van der Waals surface area contributed by atoms with Gasteiger partial charge in [0, 0.05) is 18.0 Å². The largest absolute Gasteiger partial charge is 0.334 e. The zero-order valence-electron chi connectivity index (χ0n) is 16.7. The number of nitrogens with zero attached hydrogens (tertiary/aromatic N) is 3. The van der Waals surface area contributed by atoms with Crippen molar-refractivity contribution in [3.8, 4) is 0 Å². The maximum atomic E-state index is 13.0. The van der Waals surface area contributed by atoms with Crippen LogP contribution in [-0.2, 0) is 21.4 Å². The summed E-state index contributed by atoms with van der Waals surface area (Å²) < 4.78 is 25.4. The summed E-state index contributed by atoms with van der Waals surface area (Å²) in [6.07, 6.45) is 2.92. The van der Waals surface area contributed by atoms with Crippen LogP contribution in [0.2, 0.25) is 0 Å². The summed E-state index contributed by atoms with van der Waals surface area (Å²) in [5, 5.41) is 8.03. The average molecular weight is 465 g/mol. The first-order valence-corrected chi connectivity index (χ1v) is 13.3. The molecule has 0 saturated carbocycles. The van der Waals surface area contributed by atoms with E-state index < -0.39 is 10.0 Å². The predicted octanol–water partition coefficient (Wildman–Crippen LogP) is 3.61. The van der Waals surface area contributed by atoms with Crippen LogP contribution in [0.5, 0.6) is 0 Å². The van der Waals surface area contributed by atoms with Crippen LogP contribution in [0, 0.1) is 0 Å². The van der Waals surface area contributed by atoms with Gasteiger partial charge in [0.25, 0.3) is 0 Å². The van der Waals surface area contributed by atoms with Crippen molar-refractivity contribution in [2.45, 2.75) is 48.8 Å². The van der Waals surface area contributed by atoms with Crippen molar-refractivity contribution in [1.29, 1.82) is 0 Å². The average Bonchev–Trinajstić information content (AvgIpc) is 3.44. The van der Waals surface area contributed by atoms with E-state index in [-0.39, 0.29) is 16.8 Å². The molecule has 1 unspecified atom stereocenters. The summed E-state index contributed by atoms with van der Waals surface area (Å²) >= 11 is 3.10. The van der Waals surface area contributed by atoms with Crippen molar-refractivity contribution in [3.05, 3.63) is 40.6 Å². The van der Waals surface area contributed by atoms with Gasteiger partial charge in [0.2, 0.25) is 15.9 Å². The topological polar surface area (TPSA) is 98.3 Å². The molecule has 0 radical (unpaired) electrons. The van der Waals surface area contributed by atoms with Gasteiger partial charge < -0.3 is 9.47 Å². The number of fused-ring (bicyclic) bond motifs is 1. The van der Waals surface area contributed by atoms with Crippen molar-refractivity contribution < 1.29 is 13.2 Å². The maximum Gasteiger partial charge on any atom is 0.238 e. The molecule has 1 fully saturated rings. The number of aryl methyl sites for hydroxylation is 1. The molecule has 1 aromatic carbocycles. The van der Waals surface area contributed by atoms with E-state index in [2.05, 4.69) is 18.0 Å². The van der Waals surface area contributed by atoms with E-state index in [0.717, 1.165) is 43.0 Å². The van der Waals surface area contributed by atoms with Gasteiger partial charge in [-0.3, -0.25) is 4.79 Å². The molecule has 3 heterocycles. The molecular formula is C20H24N4O3S3. The predicted molar refractivity (Wildman–Crippen MR) is 120 cm³/mol. The van der Waals surface area contributed by atoms with E-state index in [4.69, 9.17) is 5.14 Å². The van der Waals surface area contributed by atoms with Crippen molar-refractivity contribution in [2.75, 3.05) is 12.3 Å². The van der Waals surface area contributed by atoms with Gasteiger partial charge >= 0.3 is 0 Å². The Bertz CT molecular complexity index is 1160. The number of thioether (sulfide) groups is 1. The molecule has 0 aliphatic carbocycles. The Morgan fingerprint density at radius 1 is 1.37 bits per heavy atom. The Hall–Kier alpha value is -1.88. The van der Waals surface area contributed by atoms with Gasteiger partial charge in [-0.2, -0.15) is 0 Å². The fraction of sp³-hybridized carbons (Fsp3) is 0.400. The first-order chi connectivity index (χ1) is 14.4. The van der Waals surface area contributed by atoms with Crippen molar-refractivity contribution in [1.82, 2.24) is 14.5 Å². The number of hydrogen-bond acceptors (Lipinski definition) is 6. The number of carbonyl (C=O) groups is 1. The molecule has 1 saturated heterocycles. The van der Waals surface area contributed by atoms with Gasteiger partial charge in [-0.25, -0.2) is 18.5 Å². The molecule has 1 atom stereocenters. The molecule has 30 heavy (non-hydrogen) atoms. The van der Waals surface area contributed by atoms with Gasteiger partial charge in [-0.1, -0.05) is 24.8 Å². The highest BCUT2D eigenvalue weighted by Crippen LogP contribution is 2.35. The molecular weight excluding hydrogens is 440 g/mol. The summed E-state index contributed by atoms with van der Waals surface area (Å²) in [6.45, 7) is 3.59. The fourth-order valence-corrected chi connectivity index (χ4v) is 6.20. The van der Waals surface area contributed by atoms with E-state index in [1.54, 1.807) is 17.4 Å². The first kappa shape index (κ1) is 21.4. The van der Waals surface area contributed by atoms with Crippen LogP contribution in [0.15, 0.2) is 45.8 Å². The molecule has 1 amide bonds. The highest BCUT2D eigenvalue weighted by molar-refractivity contribution is 7.99. The highest BCUT2D eigenvalue weighted by atomic mass is 32.2. The first-order valence-electron chi connectivity index (χ1n) is 9.87. The summed E-state index contributed by atoms with van der Waals surface area (Å²) in [6, 6.07) is 9.02. The van der Waals surface area contributed by atoms with Gasteiger partial charge in [0.05, 0.1) is 27.7 Å². The summed E-state index contributed by atoms with van der Waals surface area (Å²) in [7, 11) is -3.79. The van der Waals surface area contributed by atoms with Crippen molar-refractivity contribution in [2.24, 2.45) is 5.14 Å². The lowest BCUT2D eigenvalue weighted by molar-refractivity contribution is -0.129. The Balaban J connectivity index is 1.55. The molecule has 0 spiro atoms. The Morgan fingerprint density at radius 2 is 2.20 bits per heavy atom. The highest BCUT2D eigenvalue weighted by Gasteiger charge is 2.30. The van der Waals surface area contributed by atoms with E-state index in [1.807, 2.05) is 20.9 Å². The number of amides is 1. The normalized spacial score (nSPS) is 17.1. The number of nitrogens with two attached hydrogens (primary N) is 1. The zero-order valence-corrected chi connectivity index (χ0v) is 19.1. The van der Waals surface area contributed by atoms with E-state index >= 15 is 0 Å². The number of aromatic nitrogens is 2.